The average Bonchev–Trinajstić information content (AvgIpc) is 2.72. The van der Waals surface area contributed by atoms with Crippen molar-refractivity contribution in [2.45, 2.75) is 6.42 Å². The lowest BCUT2D eigenvalue weighted by molar-refractivity contribution is -0.119. The summed E-state index contributed by atoms with van der Waals surface area (Å²) in [6.45, 7) is 1.71. The summed E-state index contributed by atoms with van der Waals surface area (Å²) in [6.07, 6.45) is 2.58. The maximum Gasteiger partial charge on any atom is 0.229 e. The van der Waals surface area contributed by atoms with Crippen LogP contribution in [0.3, 0.4) is 0 Å². The molecule has 2 N–H and O–H groups in total. The number of rotatable bonds is 2. The first-order chi connectivity index (χ1) is 6.86. The van der Waals surface area contributed by atoms with E-state index in [1.54, 1.807) is 12.3 Å². The highest BCUT2D eigenvalue weighted by Gasteiger charge is 2.22. The second-order valence-corrected chi connectivity index (χ2v) is 3.39. The molecule has 0 saturated carbocycles. The molecule has 1 saturated heterocycles. The Labute approximate surface area is 94.9 Å². The van der Waals surface area contributed by atoms with Crippen LogP contribution in [0.25, 0.3) is 0 Å². The fraction of sp³-hybridized carbons (Fsp3) is 0.400. The molecule has 1 unspecified atom stereocenters. The number of nitrogens with zero attached hydrogens (tertiary/aromatic N) is 1. The molecule has 1 aliphatic heterocycles. The van der Waals surface area contributed by atoms with Crippen molar-refractivity contribution in [3.05, 3.63) is 24.4 Å². The second kappa shape index (κ2) is 5.68. The lowest BCUT2D eigenvalue weighted by atomic mass is 10.1. The fourth-order valence-electron chi connectivity index (χ4n) is 1.54. The van der Waals surface area contributed by atoms with E-state index >= 15 is 0 Å². The number of carbonyl (C=O) groups is 1. The summed E-state index contributed by atoms with van der Waals surface area (Å²) in [5.74, 6) is 0.787. The van der Waals surface area contributed by atoms with Crippen LogP contribution in [0.15, 0.2) is 24.4 Å². The molecule has 82 valence electrons. The molecule has 0 radical (unpaired) electrons. The minimum atomic E-state index is 0. The van der Waals surface area contributed by atoms with Gasteiger partial charge in [0.2, 0.25) is 5.91 Å². The van der Waals surface area contributed by atoms with Gasteiger partial charge in [-0.25, -0.2) is 4.98 Å². The number of amides is 1. The minimum absolute atomic E-state index is 0. The normalized spacial score (nSPS) is 19.3. The van der Waals surface area contributed by atoms with E-state index in [1.807, 2.05) is 12.1 Å². The van der Waals surface area contributed by atoms with Crippen molar-refractivity contribution >= 4 is 24.1 Å². The fourth-order valence-corrected chi connectivity index (χ4v) is 1.54. The summed E-state index contributed by atoms with van der Waals surface area (Å²) in [5.41, 5.74) is 0. The molecule has 1 aromatic rings. The highest BCUT2D eigenvalue weighted by molar-refractivity contribution is 5.91. The molecule has 15 heavy (non-hydrogen) atoms. The monoisotopic (exact) mass is 227 g/mol. The van der Waals surface area contributed by atoms with Crippen molar-refractivity contribution in [1.29, 1.82) is 0 Å². The standard InChI is InChI=1S/C10H13N3O.ClH/c14-10(8-4-6-11-7-8)13-9-3-1-2-5-12-9;/h1-3,5,8,11H,4,6-7H2,(H,12,13,14);1H. The number of pyridine rings is 1. The van der Waals surface area contributed by atoms with Crippen LogP contribution in [0.2, 0.25) is 0 Å². The molecular weight excluding hydrogens is 214 g/mol. The summed E-state index contributed by atoms with van der Waals surface area (Å²) in [4.78, 5) is 15.7. The maximum absolute atomic E-state index is 11.6. The van der Waals surface area contributed by atoms with Gasteiger partial charge in [-0.2, -0.15) is 0 Å². The first kappa shape index (κ1) is 11.9. The van der Waals surface area contributed by atoms with Crippen LogP contribution in [0.1, 0.15) is 6.42 Å². The zero-order valence-corrected chi connectivity index (χ0v) is 9.09. The van der Waals surface area contributed by atoms with Crippen LogP contribution >= 0.6 is 12.4 Å². The summed E-state index contributed by atoms with van der Waals surface area (Å²) < 4.78 is 0. The zero-order chi connectivity index (χ0) is 9.80. The summed E-state index contributed by atoms with van der Waals surface area (Å²) in [7, 11) is 0. The van der Waals surface area contributed by atoms with Gasteiger partial charge in [0.05, 0.1) is 5.92 Å². The first-order valence-corrected chi connectivity index (χ1v) is 4.79. The largest absolute Gasteiger partial charge is 0.316 e. The predicted molar refractivity (Wildman–Crippen MR) is 61.1 cm³/mol. The molecule has 0 spiro atoms. The zero-order valence-electron chi connectivity index (χ0n) is 8.27. The molecule has 1 amide bonds. The molecule has 0 bridgehead atoms. The average molecular weight is 228 g/mol. The Bertz CT molecular complexity index is 312. The molecule has 1 aromatic heterocycles. The number of hydrogen-bond acceptors (Lipinski definition) is 3. The van der Waals surface area contributed by atoms with Crippen LogP contribution in [0, 0.1) is 5.92 Å². The van der Waals surface area contributed by atoms with Crippen molar-refractivity contribution in [2.24, 2.45) is 5.92 Å². The molecule has 2 rings (SSSR count). The van der Waals surface area contributed by atoms with Gasteiger partial charge in [0.25, 0.3) is 0 Å². The van der Waals surface area contributed by atoms with Crippen molar-refractivity contribution in [2.75, 3.05) is 18.4 Å². The predicted octanol–water partition coefficient (Wildman–Crippen LogP) is 1.05. The van der Waals surface area contributed by atoms with Gasteiger partial charge in [0.1, 0.15) is 5.82 Å². The number of carbonyl (C=O) groups excluding carboxylic acids is 1. The lowest BCUT2D eigenvalue weighted by Crippen LogP contribution is -2.24. The number of aromatic nitrogens is 1. The third kappa shape index (κ3) is 3.18. The van der Waals surface area contributed by atoms with Crippen LogP contribution in [0.4, 0.5) is 5.82 Å². The minimum Gasteiger partial charge on any atom is -0.316 e. The molecule has 1 atom stereocenters. The van der Waals surface area contributed by atoms with Gasteiger partial charge in [-0.1, -0.05) is 6.07 Å². The summed E-state index contributed by atoms with van der Waals surface area (Å²) in [5, 5.41) is 5.95. The van der Waals surface area contributed by atoms with Crippen LogP contribution in [-0.4, -0.2) is 24.0 Å². The Morgan fingerprint density at radius 2 is 2.40 bits per heavy atom. The van der Waals surface area contributed by atoms with Crippen molar-refractivity contribution in [3.63, 3.8) is 0 Å². The van der Waals surface area contributed by atoms with E-state index < -0.39 is 0 Å². The number of nitrogens with one attached hydrogen (secondary N) is 2. The van der Waals surface area contributed by atoms with Crippen molar-refractivity contribution < 1.29 is 4.79 Å². The highest BCUT2D eigenvalue weighted by Crippen LogP contribution is 2.10. The maximum atomic E-state index is 11.6. The van der Waals surface area contributed by atoms with Gasteiger partial charge >= 0.3 is 0 Å². The Hall–Kier alpha value is -1.13. The third-order valence-electron chi connectivity index (χ3n) is 2.35. The number of halogens is 1. The van der Waals surface area contributed by atoms with E-state index in [2.05, 4.69) is 15.6 Å². The molecule has 0 aliphatic carbocycles. The molecule has 0 aromatic carbocycles. The van der Waals surface area contributed by atoms with Crippen LogP contribution in [0.5, 0.6) is 0 Å². The quantitative estimate of drug-likeness (QED) is 0.794. The molecule has 1 aliphatic rings. The lowest BCUT2D eigenvalue weighted by Gasteiger charge is -2.08. The number of hydrogen-bond donors (Lipinski definition) is 2. The summed E-state index contributed by atoms with van der Waals surface area (Å²) in [6, 6.07) is 5.47. The van der Waals surface area contributed by atoms with E-state index in [1.165, 1.54) is 0 Å². The van der Waals surface area contributed by atoms with Gasteiger partial charge < -0.3 is 10.6 Å². The molecule has 2 heterocycles. The van der Waals surface area contributed by atoms with E-state index in [0.717, 1.165) is 19.5 Å². The smallest absolute Gasteiger partial charge is 0.229 e. The first-order valence-electron chi connectivity index (χ1n) is 4.79. The number of anilines is 1. The van der Waals surface area contributed by atoms with Gasteiger partial charge in [0, 0.05) is 12.7 Å². The van der Waals surface area contributed by atoms with E-state index in [9.17, 15) is 4.79 Å². The van der Waals surface area contributed by atoms with Crippen molar-refractivity contribution in [3.8, 4) is 0 Å². The Morgan fingerprint density at radius 1 is 1.53 bits per heavy atom. The van der Waals surface area contributed by atoms with Gasteiger partial charge in [0.15, 0.2) is 0 Å². The molecular formula is C10H14ClN3O. The van der Waals surface area contributed by atoms with Gasteiger partial charge in [-0.05, 0) is 25.1 Å². The Morgan fingerprint density at radius 3 is 3.00 bits per heavy atom. The van der Waals surface area contributed by atoms with E-state index in [0.29, 0.717) is 5.82 Å². The van der Waals surface area contributed by atoms with E-state index in [-0.39, 0.29) is 24.2 Å². The summed E-state index contributed by atoms with van der Waals surface area (Å²) >= 11 is 0. The molecule has 5 heteroatoms. The Kier molecular flexibility index (Phi) is 4.52. The SMILES string of the molecule is Cl.O=C(Nc1ccccn1)C1CCNC1. The van der Waals surface area contributed by atoms with E-state index in [4.69, 9.17) is 0 Å². The third-order valence-corrected chi connectivity index (χ3v) is 2.35. The molecule has 1 fully saturated rings. The second-order valence-electron chi connectivity index (χ2n) is 3.39. The topological polar surface area (TPSA) is 54.0 Å². The van der Waals surface area contributed by atoms with Crippen LogP contribution < -0.4 is 10.6 Å². The molecule has 4 nitrogen and oxygen atoms in total. The van der Waals surface area contributed by atoms with Crippen LogP contribution in [-0.2, 0) is 4.79 Å². The van der Waals surface area contributed by atoms with Gasteiger partial charge in [-0.15, -0.1) is 12.4 Å². The van der Waals surface area contributed by atoms with Crippen molar-refractivity contribution in [1.82, 2.24) is 10.3 Å². The highest BCUT2D eigenvalue weighted by atomic mass is 35.5. The Balaban J connectivity index is 0.00000112. The van der Waals surface area contributed by atoms with Gasteiger partial charge in [-0.3, -0.25) is 4.79 Å².